The van der Waals surface area contributed by atoms with Crippen LogP contribution in [-0.2, 0) is 24.1 Å². The number of fused-ring (bicyclic) bond motifs is 1. The van der Waals surface area contributed by atoms with Gasteiger partial charge in [0.25, 0.3) is 5.91 Å². The van der Waals surface area contributed by atoms with E-state index in [0.29, 0.717) is 5.92 Å². The van der Waals surface area contributed by atoms with E-state index >= 15 is 0 Å². The lowest BCUT2D eigenvalue weighted by molar-refractivity contribution is 0.102. The van der Waals surface area contributed by atoms with Gasteiger partial charge in [-0.1, -0.05) is 6.42 Å². The lowest BCUT2D eigenvalue weighted by Gasteiger charge is -2.11. The quantitative estimate of drug-likeness (QED) is 0.863. The number of carbonyl (C=O) groups excluding carboxylic acids is 1. The molecule has 24 heavy (non-hydrogen) atoms. The number of hydrogen-bond acceptors (Lipinski definition) is 4. The van der Waals surface area contributed by atoms with Gasteiger partial charge in [0, 0.05) is 30.0 Å². The average Bonchev–Trinajstić information content (AvgIpc) is 3.29. The lowest BCUT2D eigenvalue weighted by atomic mass is 10.1. The monoisotopic (exact) mass is 345 g/mol. The number of carbonyl (C=O) groups is 1. The van der Waals surface area contributed by atoms with Crippen LogP contribution in [0.25, 0.3) is 0 Å². The fourth-order valence-electron chi connectivity index (χ4n) is 3.51. The molecular weight excluding hydrogens is 322 g/mol. The molecule has 1 aliphatic carbocycles. The van der Waals surface area contributed by atoms with Gasteiger partial charge in [-0.2, -0.15) is 5.10 Å². The van der Waals surface area contributed by atoms with E-state index < -0.39 is 0 Å². The summed E-state index contributed by atoms with van der Waals surface area (Å²) in [5, 5.41) is 7.39. The van der Waals surface area contributed by atoms with Crippen LogP contribution >= 0.6 is 11.3 Å². The fourth-order valence-corrected chi connectivity index (χ4v) is 4.66. The molecule has 1 N–H and O–H groups in total. The molecule has 128 valence electrons. The van der Waals surface area contributed by atoms with Crippen LogP contribution in [0, 0.1) is 5.92 Å². The number of aryl methyl sites for hydroxylation is 2. The van der Waals surface area contributed by atoms with Crippen molar-refractivity contribution < 1.29 is 9.53 Å². The average molecular weight is 345 g/mol. The van der Waals surface area contributed by atoms with Gasteiger partial charge in [-0.25, -0.2) is 4.68 Å². The molecule has 1 atom stereocenters. The fraction of sp³-hybridized carbons (Fsp3) is 0.556. The number of hydrogen-bond donors (Lipinski definition) is 1. The van der Waals surface area contributed by atoms with E-state index in [-0.39, 0.29) is 5.91 Å². The maximum absolute atomic E-state index is 12.6. The standard InChI is InChI=1S/C18H23N3O2S/c22-18(16-10-14-4-2-1-3-5-15(14)24-16)20-17-6-8-19-21(17)11-13-7-9-23-12-13/h6,8,10,13H,1-5,7,9,11-12H2,(H,20,22)/t13-/m1/s1. The zero-order valence-electron chi connectivity index (χ0n) is 13.8. The van der Waals surface area contributed by atoms with Crippen molar-refractivity contribution in [3.05, 3.63) is 33.6 Å². The number of nitrogens with zero attached hydrogens (tertiary/aromatic N) is 2. The molecule has 1 amide bonds. The SMILES string of the molecule is O=C(Nc1ccnn1C[C@H]1CCOC1)c1cc2c(s1)CCCCC2. The molecule has 1 fully saturated rings. The van der Waals surface area contributed by atoms with Gasteiger partial charge in [0.15, 0.2) is 0 Å². The molecule has 1 aliphatic heterocycles. The molecule has 0 aromatic carbocycles. The predicted octanol–water partition coefficient (Wildman–Crippen LogP) is 3.50. The summed E-state index contributed by atoms with van der Waals surface area (Å²) in [6.45, 7) is 2.41. The minimum Gasteiger partial charge on any atom is -0.381 e. The third kappa shape index (κ3) is 3.39. The molecular formula is C18H23N3O2S. The Bertz CT molecular complexity index is 692. The second kappa shape index (κ2) is 7.07. The van der Waals surface area contributed by atoms with Crippen molar-refractivity contribution in [2.24, 2.45) is 5.92 Å². The molecule has 0 saturated carbocycles. The van der Waals surface area contributed by atoms with Crippen molar-refractivity contribution in [2.45, 2.75) is 45.1 Å². The Hall–Kier alpha value is -1.66. The highest BCUT2D eigenvalue weighted by atomic mass is 32.1. The summed E-state index contributed by atoms with van der Waals surface area (Å²) >= 11 is 1.66. The minimum absolute atomic E-state index is 0.0162. The van der Waals surface area contributed by atoms with Crippen LogP contribution < -0.4 is 5.32 Å². The Morgan fingerprint density at radius 2 is 2.29 bits per heavy atom. The summed E-state index contributed by atoms with van der Waals surface area (Å²) in [6.07, 6.45) is 8.81. The number of anilines is 1. The van der Waals surface area contributed by atoms with Crippen molar-refractivity contribution in [1.29, 1.82) is 0 Å². The first kappa shape index (κ1) is 15.8. The van der Waals surface area contributed by atoms with Crippen LogP contribution in [0.1, 0.15) is 45.8 Å². The van der Waals surface area contributed by atoms with E-state index in [9.17, 15) is 4.79 Å². The van der Waals surface area contributed by atoms with Crippen molar-refractivity contribution >= 4 is 23.1 Å². The number of ether oxygens (including phenoxy) is 1. The maximum Gasteiger partial charge on any atom is 0.266 e. The van der Waals surface area contributed by atoms with Crippen molar-refractivity contribution in [2.75, 3.05) is 18.5 Å². The van der Waals surface area contributed by atoms with Gasteiger partial charge >= 0.3 is 0 Å². The highest BCUT2D eigenvalue weighted by Gasteiger charge is 2.20. The first-order valence-corrected chi connectivity index (χ1v) is 9.64. The van der Waals surface area contributed by atoms with Gasteiger partial charge in [-0.05, 0) is 43.7 Å². The normalized spacial score (nSPS) is 20.6. The summed E-state index contributed by atoms with van der Waals surface area (Å²) < 4.78 is 7.31. The number of thiophene rings is 1. The van der Waals surface area contributed by atoms with Crippen LogP contribution in [0.15, 0.2) is 18.3 Å². The topological polar surface area (TPSA) is 56.2 Å². The van der Waals surface area contributed by atoms with Crippen LogP contribution in [0.2, 0.25) is 0 Å². The molecule has 1 saturated heterocycles. The van der Waals surface area contributed by atoms with E-state index in [2.05, 4.69) is 16.5 Å². The van der Waals surface area contributed by atoms with Crippen LogP contribution in [0.3, 0.4) is 0 Å². The number of rotatable bonds is 4. The molecule has 2 aromatic heterocycles. The molecule has 3 heterocycles. The largest absolute Gasteiger partial charge is 0.381 e. The second-order valence-electron chi connectivity index (χ2n) is 6.70. The van der Waals surface area contributed by atoms with Crippen LogP contribution in [0.5, 0.6) is 0 Å². The molecule has 4 rings (SSSR count). The molecule has 5 nitrogen and oxygen atoms in total. The highest BCUT2D eigenvalue weighted by Crippen LogP contribution is 2.29. The Morgan fingerprint density at radius 1 is 1.38 bits per heavy atom. The Kier molecular flexibility index (Phi) is 4.67. The summed E-state index contributed by atoms with van der Waals surface area (Å²) in [4.78, 5) is 14.9. The van der Waals surface area contributed by atoms with Gasteiger partial charge in [0.05, 0.1) is 17.7 Å². The van der Waals surface area contributed by atoms with E-state index in [0.717, 1.165) is 49.7 Å². The van der Waals surface area contributed by atoms with Gasteiger partial charge in [0.2, 0.25) is 0 Å². The Balaban J connectivity index is 1.45. The molecule has 6 heteroatoms. The zero-order valence-corrected chi connectivity index (χ0v) is 14.6. The minimum atomic E-state index is -0.0162. The van der Waals surface area contributed by atoms with Gasteiger partial charge in [-0.3, -0.25) is 4.79 Å². The molecule has 0 radical (unpaired) electrons. The van der Waals surface area contributed by atoms with E-state index in [1.165, 1.54) is 29.7 Å². The first-order valence-electron chi connectivity index (χ1n) is 8.82. The lowest BCUT2D eigenvalue weighted by Crippen LogP contribution is -2.18. The summed E-state index contributed by atoms with van der Waals surface area (Å²) in [5.74, 6) is 1.24. The van der Waals surface area contributed by atoms with Gasteiger partial charge in [0.1, 0.15) is 5.82 Å². The molecule has 0 bridgehead atoms. The number of amides is 1. The van der Waals surface area contributed by atoms with Crippen molar-refractivity contribution in [1.82, 2.24) is 9.78 Å². The zero-order chi connectivity index (χ0) is 16.4. The molecule has 0 unspecified atom stereocenters. The third-order valence-electron chi connectivity index (χ3n) is 4.88. The highest BCUT2D eigenvalue weighted by molar-refractivity contribution is 7.14. The predicted molar refractivity (Wildman–Crippen MR) is 94.7 cm³/mol. The van der Waals surface area contributed by atoms with Crippen LogP contribution in [-0.4, -0.2) is 28.9 Å². The summed E-state index contributed by atoms with van der Waals surface area (Å²) in [5.41, 5.74) is 1.37. The maximum atomic E-state index is 12.6. The summed E-state index contributed by atoms with van der Waals surface area (Å²) in [6, 6.07) is 3.96. The number of aromatic nitrogens is 2. The molecule has 2 aliphatic rings. The Labute approximate surface area is 146 Å². The van der Waals surface area contributed by atoms with E-state index in [4.69, 9.17) is 4.74 Å². The third-order valence-corrected chi connectivity index (χ3v) is 6.12. The van der Waals surface area contributed by atoms with Crippen molar-refractivity contribution in [3.63, 3.8) is 0 Å². The molecule has 0 spiro atoms. The van der Waals surface area contributed by atoms with Crippen molar-refractivity contribution in [3.8, 4) is 0 Å². The number of nitrogens with one attached hydrogen (secondary N) is 1. The Morgan fingerprint density at radius 3 is 3.17 bits per heavy atom. The van der Waals surface area contributed by atoms with Crippen LogP contribution in [0.4, 0.5) is 5.82 Å². The molecule has 2 aromatic rings. The van der Waals surface area contributed by atoms with E-state index in [1.807, 2.05) is 10.7 Å². The second-order valence-corrected chi connectivity index (χ2v) is 7.84. The van der Waals surface area contributed by atoms with Gasteiger partial charge < -0.3 is 10.1 Å². The van der Waals surface area contributed by atoms with Gasteiger partial charge in [-0.15, -0.1) is 11.3 Å². The van der Waals surface area contributed by atoms with E-state index in [1.54, 1.807) is 17.5 Å². The first-order chi connectivity index (χ1) is 11.8. The summed E-state index contributed by atoms with van der Waals surface area (Å²) in [7, 11) is 0. The smallest absolute Gasteiger partial charge is 0.266 e.